The highest BCUT2D eigenvalue weighted by Gasteiger charge is 2.35. The van der Waals surface area contributed by atoms with Gasteiger partial charge in [0.2, 0.25) is 15.9 Å². The number of carbonyl (C=O) groups excluding carboxylic acids is 1. The average Bonchev–Trinajstić information content (AvgIpc) is 3.05. The molecule has 0 aromatic heterocycles. The van der Waals surface area contributed by atoms with Crippen molar-refractivity contribution in [2.24, 2.45) is 5.10 Å². The van der Waals surface area contributed by atoms with Crippen LogP contribution in [0.3, 0.4) is 0 Å². The third kappa shape index (κ3) is 4.34. The third-order valence-corrected chi connectivity index (χ3v) is 5.24. The SMILES string of the molecule is CCC(=O)N1N=C(c2cccc(NS(C)(=O)=O)c2)C[C@@H]1c1c(F)cccc1Cl. The van der Waals surface area contributed by atoms with Crippen molar-refractivity contribution in [3.63, 3.8) is 0 Å². The summed E-state index contributed by atoms with van der Waals surface area (Å²) in [4.78, 5) is 12.4. The summed E-state index contributed by atoms with van der Waals surface area (Å²) in [6.07, 6.45) is 1.52. The van der Waals surface area contributed by atoms with E-state index in [2.05, 4.69) is 9.82 Å². The maximum Gasteiger partial charge on any atom is 0.242 e. The second-order valence-electron chi connectivity index (χ2n) is 6.45. The minimum atomic E-state index is -3.43. The van der Waals surface area contributed by atoms with Crippen LogP contribution in [-0.2, 0) is 14.8 Å². The lowest BCUT2D eigenvalue weighted by atomic mass is 9.97. The van der Waals surface area contributed by atoms with Gasteiger partial charge in [-0.15, -0.1) is 0 Å². The zero-order chi connectivity index (χ0) is 20.5. The lowest BCUT2D eigenvalue weighted by molar-refractivity contribution is -0.132. The summed E-state index contributed by atoms with van der Waals surface area (Å²) < 4.78 is 39.8. The Balaban J connectivity index is 2.00. The standard InChI is InChI=1S/C19H19ClFN3O3S/c1-3-18(25)24-17(19-14(20)8-5-9-15(19)21)11-16(22-24)12-6-4-7-13(10-12)23-28(2,26)27/h4-10,17,23H,3,11H2,1-2H3/t17-/m1/s1. The number of amides is 1. The fraction of sp³-hybridized carbons (Fsp3) is 0.263. The number of halogens is 2. The van der Waals surface area contributed by atoms with Gasteiger partial charge in [-0.1, -0.05) is 36.7 Å². The average molecular weight is 424 g/mol. The Labute approximate surface area is 168 Å². The van der Waals surface area contributed by atoms with Crippen molar-refractivity contribution in [1.82, 2.24) is 5.01 Å². The van der Waals surface area contributed by atoms with E-state index in [-0.39, 0.29) is 29.3 Å². The van der Waals surface area contributed by atoms with Crippen LogP contribution in [-0.4, -0.2) is 31.3 Å². The minimum Gasteiger partial charge on any atom is -0.284 e. The molecule has 1 aliphatic heterocycles. The van der Waals surface area contributed by atoms with Crippen molar-refractivity contribution in [1.29, 1.82) is 0 Å². The van der Waals surface area contributed by atoms with Gasteiger partial charge in [0.15, 0.2) is 0 Å². The molecule has 0 unspecified atom stereocenters. The molecule has 0 radical (unpaired) electrons. The molecule has 1 heterocycles. The number of carbonyl (C=O) groups is 1. The molecule has 1 N–H and O–H groups in total. The summed E-state index contributed by atoms with van der Waals surface area (Å²) in [6, 6.07) is 10.4. The van der Waals surface area contributed by atoms with Crippen LogP contribution in [0.5, 0.6) is 0 Å². The molecule has 9 heteroatoms. The predicted octanol–water partition coefficient (Wildman–Crippen LogP) is 3.94. The number of hydrogen-bond donors (Lipinski definition) is 1. The van der Waals surface area contributed by atoms with Gasteiger partial charge >= 0.3 is 0 Å². The van der Waals surface area contributed by atoms with Crippen LogP contribution < -0.4 is 4.72 Å². The van der Waals surface area contributed by atoms with Crippen LogP contribution >= 0.6 is 11.6 Å². The second kappa shape index (κ2) is 7.89. The van der Waals surface area contributed by atoms with E-state index in [4.69, 9.17) is 11.6 Å². The molecule has 1 amide bonds. The highest BCUT2D eigenvalue weighted by atomic mass is 35.5. The van der Waals surface area contributed by atoms with E-state index >= 15 is 0 Å². The van der Waals surface area contributed by atoms with Crippen LogP contribution in [0.25, 0.3) is 0 Å². The number of nitrogens with zero attached hydrogens (tertiary/aromatic N) is 2. The second-order valence-corrected chi connectivity index (χ2v) is 8.60. The Kier molecular flexibility index (Phi) is 5.71. The molecule has 0 spiro atoms. The summed E-state index contributed by atoms with van der Waals surface area (Å²) in [7, 11) is -3.43. The zero-order valence-electron chi connectivity index (χ0n) is 15.3. The number of sulfonamides is 1. The summed E-state index contributed by atoms with van der Waals surface area (Å²) in [5.74, 6) is -0.764. The van der Waals surface area contributed by atoms with Gasteiger partial charge in [0, 0.05) is 29.1 Å². The highest BCUT2D eigenvalue weighted by molar-refractivity contribution is 7.92. The first kappa shape index (κ1) is 20.3. The lowest BCUT2D eigenvalue weighted by Crippen LogP contribution is -2.27. The Morgan fingerprint density at radius 3 is 2.68 bits per heavy atom. The minimum absolute atomic E-state index is 0.203. The molecule has 6 nitrogen and oxygen atoms in total. The van der Waals surface area contributed by atoms with Crippen LogP contribution in [0.15, 0.2) is 47.6 Å². The van der Waals surface area contributed by atoms with Gasteiger partial charge in [-0.3, -0.25) is 9.52 Å². The van der Waals surface area contributed by atoms with E-state index in [1.807, 2.05) is 0 Å². The van der Waals surface area contributed by atoms with Gasteiger partial charge in [0.1, 0.15) is 5.82 Å². The lowest BCUT2D eigenvalue weighted by Gasteiger charge is -2.22. The van der Waals surface area contributed by atoms with Crippen LogP contribution in [0.1, 0.15) is 36.9 Å². The van der Waals surface area contributed by atoms with Crippen molar-refractivity contribution in [2.45, 2.75) is 25.8 Å². The van der Waals surface area contributed by atoms with E-state index in [0.29, 0.717) is 17.0 Å². The number of hydrazone groups is 1. The molecule has 0 saturated carbocycles. The summed E-state index contributed by atoms with van der Waals surface area (Å²) in [5.41, 5.74) is 1.78. The zero-order valence-corrected chi connectivity index (χ0v) is 16.9. The molecular formula is C19H19ClFN3O3S. The van der Waals surface area contributed by atoms with Gasteiger partial charge in [-0.25, -0.2) is 17.8 Å². The first-order valence-electron chi connectivity index (χ1n) is 8.61. The molecule has 148 valence electrons. The number of rotatable bonds is 5. The van der Waals surface area contributed by atoms with Crippen LogP contribution in [0.4, 0.5) is 10.1 Å². The van der Waals surface area contributed by atoms with Crippen molar-refractivity contribution in [3.05, 3.63) is 64.4 Å². The maximum absolute atomic E-state index is 14.5. The number of benzene rings is 2. The maximum atomic E-state index is 14.5. The third-order valence-electron chi connectivity index (χ3n) is 4.30. The van der Waals surface area contributed by atoms with Crippen LogP contribution in [0, 0.1) is 5.82 Å². The van der Waals surface area contributed by atoms with Crippen molar-refractivity contribution in [3.8, 4) is 0 Å². The Bertz CT molecular complexity index is 1040. The predicted molar refractivity (Wildman–Crippen MR) is 107 cm³/mol. The van der Waals surface area contributed by atoms with E-state index < -0.39 is 21.9 Å². The molecule has 2 aromatic rings. The Hall–Kier alpha value is -2.45. The molecule has 0 fully saturated rings. The Morgan fingerprint density at radius 2 is 2.04 bits per heavy atom. The van der Waals surface area contributed by atoms with Crippen LogP contribution in [0.2, 0.25) is 5.02 Å². The molecule has 1 atom stereocenters. The first-order chi connectivity index (χ1) is 13.2. The van der Waals surface area contributed by atoms with Crippen molar-refractivity contribution < 1.29 is 17.6 Å². The molecule has 2 aromatic carbocycles. The van der Waals surface area contributed by atoms with Gasteiger partial charge in [0.25, 0.3) is 0 Å². The number of hydrogen-bond acceptors (Lipinski definition) is 4. The monoisotopic (exact) mass is 423 g/mol. The quantitative estimate of drug-likeness (QED) is 0.791. The first-order valence-corrected chi connectivity index (χ1v) is 10.9. The molecule has 0 bridgehead atoms. The van der Waals surface area contributed by atoms with Crippen molar-refractivity contribution >= 4 is 38.9 Å². The smallest absolute Gasteiger partial charge is 0.242 e. The van der Waals surface area contributed by atoms with Gasteiger partial charge in [0.05, 0.1) is 18.0 Å². The van der Waals surface area contributed by atoms with E-state index in [1.165, 1.54) is 17.1 Å². The molecular weight excluding hydrogens is 405 g/mol. The molecule has 0 saturated heterocycles. The fourth-order valence-corrected chi connectivity index (χ4v) is 3.95. The van der Waals surface area contributed by atoms with E-state index in [0.717, 1.165) is 6.26 Å². The van der Waals surface area contributed by atoms with Gasteiger partial charge < -0.3 is 0 Å². The molecule has 28 heavy (non-hydrogen) atoms. The van der Waals surface area contributed by atoms with Gasteiger partial charge in [-0.2, -0.15) is 5.10 Å². The van der Waals surface area contributed by atoms with E-state index in [1.54, 1.807) is 37.3 Å². The Morgan fingerprint density at radius 1 is 1.32 bits per heavy atom. The largest absolute Gasteiger partial charge is 0.284 e. The molecule has 1 aliphatic rings. The summed E-state index contributed by atoms with van der Waals surface area (Å²) in [6.45, 7) is 1.70. The normalized spacial score (nSPS) is 16.8. The summed E-state index contributed by atoms with van der Waals surface area (Å²) in [5, 5.41) is 5.89. The molecule has 3 rings (SSSR count). The number of anilines is 1. The molecule has 0 aliphatic carbocycles. The van der Waals surface area contributed by atoms with Gasteiger partial charge in [-0.05, 0) is 29.8 Å². The van der Waals surface area contributed by atoms with Crippen molar-refractivity contribution in [2.75, 3.05) is 11.0 Å². The topological polar surface area (TPSA) is 78.8 Å². The highest BCUT2D eigenvalue weighted by Crippen LogP contribution is 2.38. The van der Waals surface area contributed by atoms with E-state index in [9.17, 15) is 17.6 Å². The fourth-order valence-electron chi connectivity index (χ4n) is 3.11. The number of nitrogens with one attached hydrogen (secondary N) is 1. The summed E-state index contributed by atoms with van der Waals surface area (Å²) >= 11 is 6.21.